The number of rotatable bonds is 3. The highest BCUT2D eigenvalue weighted by Gasteiger charge is 2.03. The number of pyridine rings is 1. The van der Waals surface area contributed by atoms with Crippen LogP contribution >= 0.6 is 0 Å². The van der Waals surface area contributed by atoms with Gasteiger partial charge in [0.2, 0.25) is 0 Å². The van der Waals surface area contributed by atoms with Gasteiger partial charge >= 0.3 is 0 Å². The summed E-state index contributed by atoms with van der Waals surface area (Å²) in [5.74, 6) is -0.239. The smallest absolute Gasteiger partial charge is 0.123 e. The van der Waals surface area contributed by atoms with Crippen LogP contribution in [0.4, 0.5) is 4.39 Å². The number of aromatic nitrogens is 1. The van der Waals surface area contributed by atoms with Gasteiger partial charge in [-0.3, -0.25) is 4.98 Å². The Morgan fingerprint density at radius 3 is 2.35 bits per heavy atom. The molecule has 2 nitrogen and oxygen atoms in total. The van der Waals surface area contributed by atoms with Gasteiger partial charge in [-0.2, -0.15) is 0 Å². The summed E-state index contributed by atoms with van der Waals surface area (Å²) in [5.41, 5.74) is 2.65. The van der Waals surface area contributed by atoms with Crippen molar-refractivity contribution in [1.29, 1.82) is 0 Å². The Bertz CT molecular complexity index is 486. The number of hydrogen-bond acceptors (Lipinski definition) is 2. The lowest BCUT2D eigenvalue weighted by Crippen LogP contribution is -1.96. The van der Waals surface area contributed by atoms with Crippen LogP contribution < -0.4 is 0 Å². The van der Waals surface area contributed by atoms with Gasteiger partial charge in [0.25, 0.3) is 0 Å². The molecule has 0 unspecified atom stereocenters. The van der Waals surface area contributed by atoms with Crippen molar-refractivity contribution in [2.75, 3.05) is 0 Å². The van der Waals surface area contributed by atoms with Gasteiger partial charge in [0.15, 0.2) is 0 Å². The zero-order chi connectivity index (χ0) is 15.4. The molecule has 0 aliphatic rings. The summed E-state index contributed by atoms with van der Waals surface area (Å²) in [4.78, 5) is 3.94. The Kier molecular flexibility index (Phi) is 10.2. The van der Waals surface area contributed by atoms with E-state index in [9.17, 15) is 4.39 Å². The summed E-state index contributed by atoms with van der Waals surface area (Å²) in [5, 5.41) is 9.14. The van der Waals surface area contributed by atoms with E-state index in [1.54, 1.807) is 18.5 Å². The van der Waals surface area contributed by atoms with E-state index in [0.29, 0.717) is 6.42 Å². The minimum absolute atomic E-state index is 0.0432. The molecule has 0 atom stereocenters. The Balaban J connectivity index is 0.000000829. The molecule has 1 aromatic heterocycles. The number of aliphatic hydroxyl groups is 1. The minimum atomic E-state index is -0.239. The Labute approximate surface area is 121 Å². The number of benzene rings is 1. The third kappa shape index (κ3) is 5.93. The zero-order valence-corrected chi connectivity index (χ0v) is 12.7. The van der Waals surface area contributed by atoms with E-state index in [0.717, 1.165) is 16.7 Å². The molecule has 0 radical (unpaired) electrons. The van der Waals surface area contributed by atoms with Crippen LogP contribution in [0.1, 0.15) is 44.4 Å². The summed E-state index contributed by atoms with van der Waals surface area (Å²) in [6.45, 7) is 7.96. The molecule has 0 spiro atoms. The van der Waals surface area contributed by atoms with Crippen LogP contribution in [0.5, 0.6) is 0 Å². The van der Waals surface area contributed by atoms with E-state index >= 15 is 0 Å². The summed E-state index contributed by atoms with van der Waals surface area (Å²) < 4.78 is 13.0. The SMILES string of the molecule is CC.CC.OCc1cnccc1Cc1cccc(F)c1. The number of nitrogens with zero attached hydrogens (tertiary/aromatic N) is 1. The van der Waals surface area contributed by atoms with E-state index < -0.39 is 0 Å². The normalized spacial score (nSPS) is 8.90. The first-order valence-corrected chi connectivity index (χ1v) is 7.06. The van der Waals surface area contributed by atoms with E-state index in [2.05, 4.69) is 4.98 Å². The van der Waals surface area contributed by atoms with Crippen molar-refractivity contribution in [3.8, 4) is 0 Å². The van der Waals surface area contributed by atoms with Gasteiger partial charge in [-0.25, -0.2) is 4.39 Å². The van der Waals surface area contributed by atoms with Crippen LogP contribution in [-0.4, -0.2) is 10.1 Å². The second-order valence-electron chi connectivity index (χ2n) is 3.61. The molecule has 0 saturated heterocycles. The van der Waals surface area contributed by atoms with Crippen molar-refractivity contribution in [1.82, 2.24) is 4.98 Å². The second kappa shape index (κ2) is 11.1. The topological polar surface area (TPSA) is 33.1 Å². The third-order valence-corrected chi connectivity index (χ3v) is 2.46. The quantitative estimate of drug-likeness (QED) is 0.904. The van der Waals surface area contributed by atoms with Crippen molar-refractivity contribution in [3.63, 3.8) is 0 Å². The highest BCUT2D eigenvalue weighted by atomic mass is 19.1. The summed E-state index contributed by atoms with van der Waals surface area (Å²) >= 11 is 0. The van der Waals surface area contributed by atoms with Gasteiger partial charge in [0, 0.05) is 12.4 Å². The molecule has 0 amide bonds. The third-order valence-electron chi connectivity index (χ3n) is 2.46. The average molecular weight is 277 g/mol. The summed E-state index contributed by atoms with van der Waals surface area (Å²) in [6, 6.07) is 8.32. The molecule has 0 fully saturated rings. The van der Waals surface area contributed by atoms with E-state index in [1.807, 2.05) is 39.8 Å². The Hall–Kier alpha value is -1.74. The molecule has 3 heteroatoms. The largest absolute Gasteiger partial charge is 0.392 e. The zero-order valence-electron chi connectivity index (χ0n) is 12.7. The van der Waals surface area contributed by atoms with E-state index in [-0.39, 0.29) is 12.4 Å². The average Bonchev–Trinajstić information content (AvgIpc) is 2.52. The Morgan fingerprint density at radius 1 is 1.05 bits per heavy atom. The highest BCUT2D eigenvalue weighted by Crippen LogP contribution is 2.14. The molecule has 1 aromatic carbocycles. The standard InChI is InChI=1S/C13H12FNO.2C2H6/c14-13-3-1-2-10(7-13)6-11-4-5-15-8-12(11)9-16;2*1-2/h1-5,7-8,16H,6,9H2;2*1-2H3. The van der Waals surface area contributed by atoms with Crippen LogP contribution in [0, 0.1) is 5.82 Å². The predicted molar refractivity (Wildman–Crippen MR) is 82.1 cm³/mol. The highest BCUT2D eigenvalue weighted by molar-refractivity contribution is 5.30. The van der Waals surface area contributed by atoms with Gasteiger partial charge in [-0.15, -0.1) is 0 Å². The fourth-order valence-electron chi connectivity index (χ4n) is 1.64. The molecule has 0 saturated carbocycles. The second-order valence-corrected chi connectivity index (χ2v) is 3.61. The fraction of sp³-hybridized carbons (Fsp3) is 0.353. The van der Waals surface area contributed by atoms with E-state index in [4.69, 9.17) is 5.11 Å². The minimum Gasteiger partial charge on any atom is -0.392 e. The lowest BCUT2D eigenvalue weighted by Gasteiger charge is -2.06. The van der Waals surface area contributed by atoms with Crippen molar-refractivity contribution in [2.45, 2.75) is 40.7 Å². The maximum Gasteiger partial charge on any atom is 0.123 e. The van der Waals surface area contributed by atoms with Crippen molar-refractivity contribution in [3.05, 3.63) is 65.2 Å². The van der Waals surface area contributed by atoms with Crippen LogP contribution in [0.25, 0.3) is 0 Å². The van der Waals surface area contributed by atoms with Crippen molar-refractivity contribution >= 4 is 0 Å². The molecule has 0 aliphatic heterocycles. The lowest BCUT2D eigenvalue weighted by molar-refractivity contribution is 0.280. The van der Waals surface area contributed by atoms with Crippen molar-refractivity contribution in [2.24, 2.45) is 0 Å². The first-order chi connectivity index (χ1) is 9.79. The molecule has 0 aliphatic carbocycles. The Morgan fingerprint density at radius 2 is 1.75 bits per heavy atom. The molecule has 2 aromatic rings. The fourth-order valence-corrected chi connectivity index (χ4v) is 1.64. The molecule has 20 heavy (non-hydrogen) atoms. The molecule has 1 heterocycles. The molecule has 1 N–H and O–H groups in total. The van der Waals surface area contributed by atoms with Crippen molar-refractivity contribution < 1.29 is 9.50 Å². The number of hydrogen-bond donors (Lipinski definition) is 1. The first kappa shape index (κ1) is 18.3. The molecule has 0 bridgehead atoms. The van der Waals surface area contributed by atoms with Gasteiger partial charge in [-0.1, -0.05) is 39.8 Å². The van der Waals surface area contributed by atoms with E-state index in [1.165, 1.54) is 12.1 Å². The van der Waals surface area contributed by atoms with Crippen LogP contribution in [0.3, 0.4) is 0 Å². The number of halogens is 1. The van der Waals surface area contributed by atoms with Gasteiger partial charge in [0.1, 0.15) is 5.82 Å². The van der Waals surface area contributed by atoms with Crippen LogP contribution in [-0.2, 0) is 13.0 Å². The van der Waals surface area contributed by atoms with Gasteiger partial charge < -0.3 is 5.11 Å². The van der Waals surface area contributed by atoms with Gasteiger partial charge in [0.05, 0.1) is 6.61 Å². The van der Waals surface area contributed by atoms with Crippen LogP contribution in [0.2, 0.25) is 0 Å². The maximum absolute atomic E-state index is 13.0. The monoisotopic (exact) mass is 277 g/mol. The molecular formula is C17H24FNO. The molecule has 110 valence electrons. The summed E-state index contributed by atoms with van der Waals surface area (Å²) in [6.07, 6.45) is 3.92. The molecular weight excluding hydrogens is 253 g/mol. The van der Waals surface area contributed by atoms with Crippen LogP contribution in [0.15, 0.2) is 42.7 Å². The maximum atomic E-state index is 13.0. The predicted octanol–water partition coefficient (Wildman–Crippen LogP) is 4.36. The van der Waals surface area contributed by atoms with Gasteiger partial charge in [-0.05, 0) is 41.3 Å². The molecule has 2 rings (SSSR count). The lowest BCUT2D eigenvalue weighted by atomic mass is 10.0. The first-order valence-electron chi connectivity index (χ1n) is 7.06. The summed E-state index contributed by atoms with van der Waals surface area (Å²) in [7, 11) is 0. The number of aliphatic hydroxyl groups excluding tert-OH is 1.